The van der Waals surface area contributed by atoms with Gasteiger partial charge in [-0.25, -0.2) is 0 Å². The van der Waals surface area contributed by atoms with Crippen LogP contribution in [0, 0.1) is 27.7 Å². The Labute approximate surface area is 325 Å². The van der Waals surface area contributed by atoms with Gasteiger partial charge in [-0.05, 0) is 140 Å². The van der Waals surface area contributed by atoms with Crippen LogP contribution in [-0.2, 0) is 10.8 Å². The van der Waals surface area contributed by atoms with E-state index in [-0.39, 0.29) is 0 Å². The molecule has 2 heterocycles. The number of thiophene rings is 2. The lowest BCUT2D eigenvalue weighted by atomic mass is 9.65. The van der Waals surface area contributed by atoms with Gasteiger partial charge in [0.25, 0.3) is 0 Å². The minimum Gasteiger partial charge on any atom is -0.143 e. The first-order chi connectivity index (χ1) is 26.4. The highest BCUT2D eigenvalue weighted by Crippen LogP contribution is 2.64. The minimum absolute atomic E-state index is 0.502. The summed E-state index contributed by atoms with van der Waals surface area (Å²) in [6.45, 7) is 8.78. The molecule has 2 aliphatic rings. The average Bonchev–Trinajstić information content (AvgIpc) is 3.98. The van der Waals surface area contributed by atoms with Crippen molar-refractivity contribution in [3.63, 3.8) is 0 Å². The van der Waals surface area contributed by atoms with Crippen LogP contribution in [-0.4, -0.2) is 0 Å². The summed E-state index contributed by atoms with van der Waals surface area (Å²) < 4.78 is 2.74. The fraction of sp³-hybridized carbons (Fsp3) is 0.115. The third kappa shape index (κ3) is 4.13. The van der Waals surface area contributed by atoms with Gasteiger partial charge < -0.3 is 0 Å². The van der Waals surface area contributed by atoms with Crippen LogP contribution < -0.4 is 0 Å². The summed E-state index contributed by atoms with van der Waals surface area (Å²) in [6, 6.07) is 56.8. The van der Waals surface area contributed by atoms with E-state index in [2.05, 4.69) is 184 Å². The van der Waals surface area contributed by atoms with Crippen LogP contribution in [0.4, 0.5) is 0 Å². The summed E-state index contributed by atoms with van der Waals surface area (Å²) in [7, 11) is 0. The maximum atomic E-state index is 2.62. The number of hydrogen-bond donors (Lipinski definition) is 0. The molecule has 0 spiro atoms. The Morgan fingerprint density at radius 1 is 0.333 bits per heavy atom. The van der Waals surface area contributed by atoms with E-state index in [1.165, 1.54) is 109 Å². The molecular weight excluding hydrogens is 689 g/mol. The highest BCUT2D eigenvalue weighted by atomic mass is 32.1. The van der Waals surface area contributed by atoms with Crippen LogP contribution in [0.15, 0.2) is 156 Å². The minimum atomic E-state index is -0.502. The zero-order valence-corrected chi connectivity index (χ0v) is 32.5. The molecule has 0 fully saturated rings. The monoisotopic (exact) mass is 726 g/mol. The molecule has 7 aromatic carbocycles. The standard InChI is InChI=1S/C52H38S2/c1-31-5-15-37(16-6-31)51(38-17-7-32(2)8-18-38)45-29-44-42-24-14-36-26-28-54-50(36)48(42)52(39-19-9-33(3)10-20-39,40-21-11-34(4)12-22-40)46(44)30-43(45)41-23-13-35-25-27-53-49(35)47(41)51/h5-30H,1-4H3. The molecule has 2 heteroatoms. The van der Waals surface area contributed by atoms with E-state index in [1.807, 2.05) is 22.7 Å². The molecule has 9 aromatic rings. The van der Waals surface area contributed by atoms with Crippen molar-refractivity contribution in [2.24, 2.45) is 0 Å². The molecule has 11 rings (SSSR count). The van der Waals surface area contributed by atoms with Gasteiger partial charge in [-0.3, -0.25) is 0 Å². The molecule has 0 bridgehead atoms. The summed E-state index contributed by atoms with van der Waals surface area (Å²) in [4.78, 5) is 0. The van der Waals surface area contributed by atoms with Gasteiger partial charge in [-0.2, -0.15) is 0 Å². The fourth-order valence-electron chi connectivity index (χ4n) is 9.94. The highest BCUT2D eigenvalue weighted by molar-refractivity contribution is 7.17. The van der Waals surface area contributed by atoms with E-state index < -0.39 is 10.8 Å². The predicted molar refractivity (Wildman–Crippen MR) is 231 cm³/mol. The third-order valence-corrected chi connectivity index (χ3v) is 14.4. The molecule has 2 aliphatic carbocycles. The van der Waals surface area contributed by atoms with Crippen LogP contribution in [0.1, 0.15) is 66.8 Å². The Hall–Kier alpha value is -5.54. The molecule has 0 atom stereocenters. The first kappa shape index (κ1) is 31.9. The van der Waals surface area contributed by atoms with Crippen molar-refractivity contribution in [3.8, 4) is 22.3 Å². The lowest BCUT2D eigenvalue weighted by Crippen LogP contribution is -2.30. The molecule has 0 nitrogen and oxygen atoms in total. The van der Waals surface area contributed by atoms with E-state index in [0.29, 0.717) is 0 Å². The number of rotatable bonds is 4. The number of hydrogen-bond acceptors (Lipinski definition) is 2. The van der Waals surface area contributed by atoms with Gasteiger partial charge in [-0.15, -0.1) is 22.7 Å². The fourth-order valence-corrected chi connectivity index (χ4v) is 11.9. The Balaban J connectivity index is 1.35. The van der Waals surface area contributed by atoms with Crippen molar-refractivity contribution in [1.29, 1.82) is 0 Å². The first-order valence-electron chi connectivity index (χ1n) is 18.9. The van der Waals surface area contributed by atoms with Crippen molar-refractivity contribution in [2.75, 3.05) is 0 Å². The van der Waals surface area contributed by atoms with Crippen molar-refractivity contribution >= 4 is 42.8 Å². The summed E-state index contributed by atoms with van der Waals surface area (Å²) in [5.41, 5.74) is 20.2. The van der Waals surface area contributed by atoms with Crippen LogP contribution in [0.25, 0.3) is 42.4 Å². The van der Waals surface area contributed by atoms with Crippen LogP contribution in [0.3, 0.4) is 0 Å². The lowest BCUT2D eigenvalue weighted by molar-refractivity contribution is 0.765. The second kappa shape index (κ2) is 11.5. The van der Waals surface area contributed by atoms with Gasteiger partial charge in [0.15, 0.2) is 0 Å². The normalized spacial score (nSPS) is 14.6. The Bertz CT molecular complexity index is 2640. The lowest BCUT2D eigenvalue weighted by Gasteiger charge is -2.36. The quantitative estimate of drug-likeness (QED) is 0.169. The SMILES string of the molecule is Cc1ccc(C2(c3ccc(C)cc3)c3cc4c(cc3-c3ccc5ccsc5c32)C(c2ccc(C)cc2)(c2ccc(C)cc2)c2c-4ccc3ccsc23)cc1. The maximum Gasteiger partial charge on any atom is 0.0727 e. The van der Waals surface area contributed by atoms with Gasteiger partial charge in [0, 0.05) is 9.40 Å². The largest absolute Gasteiger partial charge is 0.143 e. The highest BCUT2D eigenvalue weighted by Gasteiger charge is 2.52. The summed E-state index contributed by atoms with van der Waals surface area (Å²) in [5.74, 6) is 0. The smallest absolute Gasteiger partial charge is 0.0727 e. The molecule has 2 aromatic heterocycles. The second-order valence-corrected chi connectivity index (χ2v) is 17.4. The number of benzene rings is 7. The Morgan fingerprint density at radius 3 is 0.963 bits per heavy atom. The average molecular weight is 727 g/mol. The molecule has 54 heavy (non-hydrogen) atoms. The van der Waals surface area contributed by atoms with E-state index in [4.69, 9.17) is 0 Å². The summed E-state index contributed by atoms with van der Waals surface area (Å²) >= 11 is 3.76. The van der Waals surface area contributed by atoms with E-state index in [0.717, 1.165) is 0 Å². The van der Waals surface area contributed by atoms with Crippen LogP contribution in [0.5, 0.6) is 0 Å². The van der Waals surface area contributed by atoms with Crippen LogP contribution >= 0.6 is 22.7 Å². The van der Waals surface area contributed by atoms with Gasteiger partial charge in [0.05, 0.1) is 10.8 Å². The van der Waals surface area contributed by atoms with Crippen molar-refractivity contribution in [3.05, 3.63) is 223 Å². The van der Waals surface area contributed by atoms with Crippen molar-refractivity contribution < 1.29 is 0 Å². The Kier molecular flexibility index (Phi) is 6.79. The maximum absolute atomic E-state index is 2.62. The number of fused-ring (bicyclic) bond motifs is 10. The Morgan fingerprint density at radius 2 is 0.648 bits per heavy atom. The molecule has 0 aliphatic heterocycles. The number of aryl methyl sites for hydroxylation is 4. The molecule has 0 amide bonds. The van der Waals surface area contributed by atoms with E-state index in [1.54, 1.807) is 0 Å². The molecule has 258 valence electrons. The topological polar surface area (TPSA) is 0 Å². The molecule has 0 saturated carbocycles. The van der Waals surface area contributed by atoms with Crippen molar-refractivity contribution in [2.45, 2.75) is 38.5 Å². The molecule has 0 unspecified atom stereocenters. The van der Waals surface area contributed by atoms with Crippen LogP contribution in [0.2, 0.25) is 0 Å². The van der Waals surface area contributed by atoms with Crippen molar-refractivity contribution in [1.82, 2.24) is 0 Å². The van der Waals surface area contributed by atoms with Gasteiger partial charge in [-0.1, -0.05) is 144 Å². The van der Waals surface area contributed by atoms with E-state index >= 15 is 0 Å². The van der Waals surface area contributed by atoms with Gasteiger partial charge in [0.1, 0.15) is 0 Å². The molecule has 0 saturated heterocycles. The summed E-state index contributed by atoms with van der Waals surface area (Å²) in [5, 5.41) is 7.15. The van der Waals surface area contributed by atoms with Gasteiger partial charge >= 0.3 is 0 Å². The predicted octanol–water partition coefficient (Wildman–Crippen LogP) is 14.1. The first-order valence-corrected chi connectivity index (χ1v) is 20.6. The zero-order chi connectivity index (χ0) is 36.3. The summed E-state index contributed by atoms with van der Waals surface area (Å²) in [6.07, 6.45) is 0. The zero-order valence-electron chi connectivity index (χ0n) is 30.8. The van der Waals surface area contributed by atoms with Gasteiger partial charge in [0.2, 0.25) is 0 Å². The molecular formula is C52H38S2. The van der Waals surface area contributed by atoms with E-state index in [9.17, 15) is 0 Å². The molecule has 0 radical (unpaired) electrons. The second-order valence-electron chi connectivity index (χ2n) is 15.6. The molecule has 0 N–H and O–H groups in total. The third-order valence-electron chi connectivity index (χ3n) is 12.5.